The third kappa shape index (κ3) is 1.53. The fourth-order valence-electron chi connectivity index (χ4n) is 1.78. The topological polar surface area (TPSA) is 25.2 Å². The first kappa shape index (κ1) is 7.87. The van der Waals surface area contributed by atoms with E-state index in [1.165, 1.54) is 18.6 Å². The molecule has 1 saturated heterocycles. The third-order valence-corrected chi connectivity index (χ3v) is 2.50. The van der Waals surface area contributed by atoms with Gasteiger partial charge in [-0.25, -0.2) is 0 Å². The molecule has 0 spiro atoms. The van der Waals surface area contributed by atoms with Gasteiger partial charge in [-0.1, -0.05) is 0 Å². The SMILES string of the molecule is Cc1ccc(C2CCNCC2)o1. The van der Waals surface area contributed by atoms with Crippen molar-refractivity contribution in [3.05, 3.63) is 23.7 Å². The van der Waals surface area contributed by atoms with Crippen molar-refractivity contribution in [3.63, 3.8) is 0 Å². The maximum atomic E-state index is 5.60. The molecule has 0 unspecified atom stereocenters. The molecule has 66 valence electrons. The number of nitrogens with one attached hydrogen (secondary N) is 1. The number of furan rings is 1. The molecule has 1 aromatic rings. The van der Waals surface area contributed by atoms with Crippen LogP contribution >= 0.6 is 0 Å². The quantitative estimate of drug-likeness (QED) is 0.689. The summed E-state index contributed by atoms with van der Waals surface area (Å²) in [6.07, 6.45) is 2.43. The molecule has 0 aliphatic carbocycles. The predicted octanol–water partition coefficient (Wildman–Crippen LogP) is 2.06. The van der Waals surface area contributed by atoms with Gasteiger partial charge in [0.2, 0.25) is 0 Å². The first-order valence-electron chi connectivity index (χ1n) is 4.63. The molecule has 0 saturated carbocycles. The van der Waals surface area contributed by atoms with E-state index in [0.717, 1.165) is 18.8 Å². The van der Waals surface area contributed by atoms with E-state index in [1.807, 2.05) is 6.92 Å². The van der Waals surface area contributed by atoms with Crippen LogP contribution in [0.3, 0.4) is 0 Å². The van der Waals surface area contributed by atoms with Crippen LogP contribution in [0.15, 0.2) is 16.5 Å². The number of piperidine rings is 1. The second kappa shape index (κ2) is 3.31. The zero-order valence-electron chi connectivity index (χ0n) is 7.47. The molecule has 2 heterocycles. The van der Waals surface area contributed by atoms with Crippen molar-refractivity contribution in [1.82, 2.24) is 5.32 Å². The molecule has 2 nitrogen and oxygen atoms in total. The van der Waals surface area contributed by atoms with Gasteiger partial charge < -0.3 is 9.73 Å². The predicted molar refractivity (Wildman–Crippen MR) is 48.3 cm³/mol. The number of hydrogen-bond acceptors (Lipinski definition) is 2. The van der Waals surface area contributed by atoms with Crippen molar-refractivity contribution in [1.29, 1.82) is 0 Å². The van der Waals surface area contributed by atoms with E-state index in [4.69, 9.17) is 4.42 Å². The van der Waals surface area contributed by atoms with Gasteiger partial charge in [-0.15, -0.1) is 0 Å². The van der Waals surface area contributed by atoms with Crippen molar-refractivity contribution >= 4 is 0 Å². The van der Waals surface area contributed by atoms with Crippen molar-refractivity contribution in [2.24, 2.45) is 0 Å². The molecule has 0 amide bonds. The number of hydrogen-bond donors (Lipinski definition) is 1. The third-order valence-electron chi connectivity index (χ3n) is 2.50. The van der Waals surface area contributed by atoms with Gasteiger partial charge in [0.05, 0.1) is 0 Å². The Morgan fingerprint density at radius 2 is 2.08 bits per heavy atom. The van der Waals surface area contributed by atoms with Crippen LogP contribution in [0.5, 0.6) is 0 Å². The first-order valence-corrected chi connectivity index (χ1v) is 4.63. The summed E-state index contributed by atoms with van der Waals surface area (Å²) in [5.74, 6) is 2.86. The van der Waals surface area contributed by atoms with Gasteiger partial charge in [-0.05, 0) is 45.0 Å². The lowest BCUT2D eigenvalue weighted by Gasteiger charge is -2.20. The average Bonchev–Trinajstić information content (AvgIpc) is 2.54. The molecular formula is C10H15NO. The summed E-state index contributed by atoms with van der Waals surface area (Å²) < 4.78 is 5.60. The van der Waals surface area contributed by atoms with Crippen LogP contribution < -0.4 is 5.32 Å². The summed E-state index contributed by atoms with van der Waals surface area (Å²) in [4.78, 5) is 0. The zero-order valence-corrected chi connectivity index (χ0v) is 7.47. The summed E-state index contributed by atoms with van der Waals surface area (Å²) in [5, 5.41) is 3.35. The van der Waals surface area contributed by atoms with Gasteiger partial charge in [0, 0.05) is 5.92 Å². The van der Waals surface area contributed by atoms with E-state index in [0.29, 0.717) is 5.92 Å². The Morgan fingerprint density at radius 3 is 2.67 bits per heavy atom. The standard InChI is InChI=1S/C10H15NO/c1-8-2-3-10(12-8)9-4-6-11-7-5-9/h2-3,9,11H,4-7H2,1H3. The van der Waals surface area contributed by atoms with Crippen LogP contribution in [0.1, 0.15) is 30.3 Å². The van der Waals surface area contributed by atoms with Crippen molar-refractivity contribution in [3.8, 4) is 0 Å². The van der Waals surface area contributed by atoms with E-state index in [-0.39, 0.29) is 0 Å². The maximum Gasteiger partial charge on any atom is 0.107 e. The highest BCUT2D eigenvalue weighted by atomic mass is 16.3. The Hall–Kier alpha value is -0.760. The molecule has 2 heteroatoms. The van der Waals surface area contributed by atoms with Crippen LogP contribution in [-0.4, -0.2) is 13.1 Å². The van der Waals surface area contributed by atoms with E-state index in [1.54, 1.807) is 0 Å². The lowest BCUT2D eigenvalue weighted by molar-refractivity contribution is 0.377. The average molecular weight is 165 g/mol. The molecule has 1 aliphatic rings. The zero-order chi connectivity index (χ0) is 8.39. The van der Waals surface area contributed by atoms with Gasteiger partial charge in [0.1, 0.15) is 11.5 Å². The van der Waals surface area contributed by atoms with Crippen LogP contribution in [0, 0.1) is 6.92 Å². The van der Waals surface area contributed by atoms with E-state index in [9.17, 15) is 0 Å². The van der Waals surface area contributed by atoms with Gasteiger partial charge in [0.25, 0.3) is 0 Å². The Morgan fingerprint density at radius 1 is 1.33 bits per heavy atom. The largest absolute Gasteiger partial charge is 0.466 e. The molecule has 1 aliphatic heterocycles. The molecule has 12 heavy (non-hydrogen) atoms. The highest BCUT2D eigenvalue weighted by Gasteiger charge is 2.17. The molecule has 1 aromatic heterocycles. The molecule has 2 rings (SSSR count). The fourth-order valence-corrected chi connectivity index (χ4v) is 1.78. The Labute approximate surface area is 73.0 Å². The fraction of sp³-hybridized carbons (Fsp3) is 0.600. The molecular weight excluding hydrogens is 150 g/mol. The highest BCUT2D eigenvalue weighted by Crippen LogP contribution is 2.26. The minimum Gasteiger partial charge on any atom is -0.466 e. The molecule has 0 atom stereocenters. The summed E-state index contributed by atoms with van der Waals surface area (Å²) >= 11 is 0. The normalized spacial score (nSPS) is 19.8. The van der Waals surface area contributed by atoms with E-state index < -0.39 is 0 Å². The number of aryl methyl sites for hydroxylation is 1. The lowest BCUT2D eigenvalue weighted by Crippen LogP contribution is -2.26. The van der Waals surface area contributed by atoms with Gasteiger partial charge >= 0.3 is 0 Å². The summed E-state index contributed by atoms with van der Waals surface area (Å²) in [6.45, 7) is 4.26. The van der Waals surface area contributed by atoms with Gasteiger partial charge in [-0.3, -0.25) is 0 Å². The second-order valence-electron chi connectivity index (χ2n) is 3.47. The molecule has 1 fully saturated rings. The van der Waals surface area contributed by atoms with E-state index in [2.05, 4.69) is 17.4 Å². The van der Waals surface area contributed by atoms with Crippen molar-refractivity contribution in [2.45, 2.75) is 25.7 Å². The monoisotopic (exact) mass is 165 g/mol. The Bertz CT molecular complexity index is 248. The van der Waals surface area contributed by atoms with Crippen LogP contribution in [0.2, 0.25) is 0 Å². The minimum absolute atomic E-state index is 0.653. The minimum atomic E-state index is 0.653. The first-order chi connectivity index (χ1) is 5.86. The van der Waals surface area contributed by atoms with Crippen LogP contribution in [-0.2, 0) is 0 Å². The smallest absolute Gasteiger partial charge is 0.107 e. The van der Waals surface area contributed by atoms with E-state index >= 15 is 0 Å². The molecule has 0 aromatic carbocycles. The van der Waals surface area contributed by atoms with Gasteiger partial charge in [0.15, 0.2) is 0 Å². The maximum absolute atomic E-state index is 5.60. The van der Waals surface area contributed by atoms with Crippen molar-refractivity contribution < 1.29 is 4.42 Å². The summed E-state index contributed by atoms with van der Waals surface area (Å²) in [5.41, 5.74) is 0. The number of rotatable bonds is 1. The lowest BCUT2D eigenvalue weighted by atomic mass is 9.96. The summed E-state index contributed by atoms with van der Waals surface area (Å²) in [6, 6.07) is 4.17. The van der Waals surface area contributed by atoms with Crippen LogP contribution in [0.25, 0.3) is 0 Å². The van der Waals surface area contributed by atoms with Crippen LogP contribution in [0.4, 0.5) is 0 Å². The molecule has 1 N–H and O–H groups in total. The van der Waals surface area contributed by atoms with Crippen molar-refractivity contribution in [2.75, 3.05) is 13.1 Å². The highest BCUT2D eigenvalue weighted by molar-refractivity contribution is 5.11. The molecule has 0 radical (unpaired) electrons. The van der Waals surface area contributed by atoms with Gasteiger partial charge in [-0.2, -0.15) is 0 Å². The molecule has 0 bridgehead atoms. The summed E-state index contributed by atoms with van der Waals surface area (Å²) in [7, 11) is 0. The second-order valence-corrected chi connectivity index (χ2v) is 3.47. The Balaban J connectivity index is 2.08. The Kier molecular flexibility index (Phi) is 2.17.